The summed E-state index contributed by atoms with van der Waals surface area (Å²) in [6, 6.07) is -0.619. The van der Waals surface area contributed by atoms with Gasteiger partial charge in [-0.25, -0.2) is 0 Å². The number of rotatable bonds is 58. The number of carbonyl (C=O) groups is 1. The van der Waals surface area contributed by atoms with Crippen molar-refractivity contribution >= 4 is 5.91 Å². The standard InChI is InChI=1S/C62H123NO3/c1-3-5-7-9-11-13-15-17-19-21-23-25-27-29-30-31-32-34-35-37-39-41-43-45-47-49-51-53-55-57-61(65)60(59-64)63-62(66)58-56-54-52-50-48-46-44-42-40-38-36-33-28-26-24-22-20-18-16-14-12-10-8-6-4-2/h55,57,60-61,64-65H,3-54,56,58-59H2,1-2H3,(H,63,66)/b57-55+. The van der Waals surface area contributed by atoms with E-state index in [1.807, 2.05) is 6.08 Å². The van der Waals surface area contributed by atoms with Crippen molar-refractivity contribution < 1.29 is 15.0 Å². The van der Waals surface area contributed by atoms with Crippen molar-refractivity contribution in [3.8, 4) is 0 Å². The van der Waals surface area contributed by atoms with Crippen LogP contribution in [0.2, 0.25) is 0 Å². The maximum atomic E-state index is 12.5. The molecule has 4 nitrogen and oxygen atoms in total. The first-order valence-electron chi connectivity index (χ1n) is 30.9. The molecule has 0 aromatic rings. The summed E-state index contributed by atoms with van der Waals surface area (Å²) < 4.78 is 0. The van der Waals surface area contributed by atoms with Gasteiger partial charge in [0, 0.05) is 6.42 Å². The number of hydrogen-bond acceptors (Lipinski definition) is 3. The van der Waals surface area contributed by atoms with Gasteiger partial charge in [-0.05, 0) is 19.3 Å². The Morgan fingerprint density at radius 1 is 0.348 bits per heavy atom. The van der Waals surface area contributed by atoms with Crippen LogP contribution < -0.4 is 5.32 Å². The molecule has 394 valence electrons. The first-order chi connectivity index (χ1) is 32.7. The molecular formula is C62H123NO3. The summed E-state index contributed by atoms with van der Waals surface area (Å²) in [7, 11) is 0. The maximum Gasteiger partial charge on any atom is 0.220 e. The van der Waals surface area contributed by atoms with Crippen LogP contribution >= 0.6 is 0 Å². The molecule has 0 aliphatic rings. The van der Waals surface area contributed by atoms with Crippen LogP contribution in [-0.4, -0.2) is 34.9 Å². The Bertz CT molecular complexity index is 921. The zero-order chi connectivity index (χ0) is 47.7. The zero-order valence-corrected chi connectivity index (χ0v) is 45.5. The second-order valence-corrected chi connectivity index (χ2v) is 21.5. The van der Waals surface area contributed by atoms with E-state index in [4.69, 9.17) is 0 Å². The lowest BCUT2D eigenvalue weighted by molar-refractivity contribution is -0.123. The molecule has 0 saturated heterocycles. The molecule has 2 atom stereocenters. The van der Waals surface area contributed by atoms with Gasteiger partial charge < -0.3 is 15.5 Å². The van der Waals surface area contributed by atoms with Gasteiger partial charge in [-0.3, -0.25) is 4.79 Å². The number of unbranched alkanes of at least 4 members (excludes halogenated alkanes) is 51. The topological polar surface area (TPSA) is 69.6 Å². The molecule has 2 unspecified atom stereocenters. The second kappa shape index (κ2) is 58.4. The summed E-state index contributed by atoms with van der Waals surface area (Å²) in [6.07, 6.45) is 76.9. The molecule has 0 aromatic heterocycles. The molecule has 66 heavy (non-hydrogen) atoms. The number of hydrogen-bond donors (Lipinski definition) is 3. The van der Waals surface area contributed by atoms with Crippen LogP contribution in [-0.2, 0) is 4.79 Å². The largest absolute Gasteiger partial charge is 0.394 e. The molecule has 0 fully saturated rings. The molecular weight excluding hydrogens is 807 g/mol. The fourth-order valence-electron chi connectivity index (χ4n) is 10.1. The summed E-state index contributed by atoms with van der Waals surface area (Å²) in [5.74, 6) is -0.0545. The van der Waals surface area contributed by atoms with Crippen LogP contribution in [0.4, 0.5) is 0 Å². The van der Waals surface area contributed by atoms with Crippen molar-refractivity contribution in [1.82, 2.24) is 5.32 Å². The molecule has 0 spiro atoms. The first kappa shape index (κ1) is 65.1. The Hall–Kier alpha value is -0.870. The minimum Gasteiger partial charge on any atom is -0.394 e. The van der Waals surface area contributed by atoms with Crippen molar-refractivity contribution in [2.75, 3.05) is 6.61 Å². The number of carbonyl (C=O) groups excluding carboxylic acids is 1. The summed E-state index contributed by atoms with van der Waals surface area (Å²) in [4.78, 5) is 12.5. The minimum atomic E-state index is -0.836. The molecule has 3 N–H and O–H groups in total. The Morgan fingerprint density at radius 2 is 0.561 bits per heavy atom. The van der Waals surface area contributed by atoms with Crippen molar-refractivity contribution in [2.45, 2.75) is 373 Å². The third kappa shape index (κ3) is 54.1. The van der Waals surface area contributed by atoms with Crippen LogP contribution in [0.15, 0.2) is 12.2 Å². The highest BCUT2D eigenvalue weighted by atomic mass is 16.3. The van der Waals surface area contributed by atoms with Crippen LogP contribution in [0.5, 0.6) is 0 Å². The Kier molecular flexibility index (Phi) is 57.7. The molecule has 0 aromatic carbocycles. The number of amides is 1. The molecule has 0 heterocycles. The molecule has 0 radical (unpaired) electrons. The van der Waals surface area contributed by atoms with Crippen LogP contribution in [0.1, 0.15) is 361 Å². The third-order valence-electron chi connectivity index (χ3n) is 14.8. The lowest BCUT2D eigenvalue weighted by atomic mass is 10.0. The molecule has 1 amide bonds. The maximum absolute atomic E-state index is 12.5. The molecule has 0 aliphatic carbocycles. The Morgan fingerprint density at radius 3 is 0.788 bits per heavy atom. The van der Waals surface area contributed by atoms with Gasteiger partial charge in [-0.15, -0.1) is 0 Å². The van der Waals surface area contributed by atoms with Crippen LogP contribution in [0.3, 0.4) is 0 Å². The summed E-state index contributed by atoms with van der Waals surface area (Å²) in [6.45, 7) is 4.36. The highest BCUT2D eigenvalue weighted by Crippen LogP contribution is 2.19. The second-order valence-electron chi connectivity index (χ2n) is 21.5. The van der Waals surface area contributed by atoms with Gasteiger partial charge in [0.25, 0.3) is 0 Å². The van der Waals surface area contributed by atoms with Crippen molar-refractivity contribution in [3.05, 3.63) is 12.2 Å². The molecule has 0 saturated carbocycles. The quantitative estimate of drug-likeness (QED) is 0.0420. The summed E-state index contributed by atoms with van der Waals surface area (Å²) in [5.41, 5.74) is 0. The van der Waals surface area contributed by atoms with Gasteiger partial charge in [-0.1, -0.05) is 347 Å². The van der Waals surface area contributed by atoms with E-state index in [0.29, 0.717) is 6.42 Å². The fourth-order valence-corrected chi connectivity index (χ4v) is 10.1. The number of nitrogens with one attached hydrogen (secondary N) is 1. The fraction of sp³-hybridized carbons (Fsp3) is 0.952. The van der Waals surface area contributed by atoms with Crippen LogP contribution in [0.25, 0.3) is 0 Å². The highest BCUT2D eigenvalue weighted by Gasteiger charge is 2.18. The van der Waals surface area contributed by atoms with Crippen molar-refractivity contribution in [3.63, 3.8) is 0 Å². The lowest BCUT2D eigenvalue weighted by Crippen LogP contribution is -2.45. The average Bonchev–Trinajstić information content (AvgIpc) is 3.32. The number of aliphatic hydroxyl groups excluding tert-OH is 2. The molecule has 4 heteroatoms. The lowest BCUT2D eigenvalue weighted by Gasteiger charge is -2.20. The minimum absolute atomic E-state index is 0.0545. The molecule has 0 aliphatic heterocycles. The SMILES string of the molecule is CCCCCCCCCCCCCCCCCCCCCCCCCCCCC/C=C/C(O)C(CO)NC(=O)CCCCCCCCCCCCCCCCCCCCCCCCCCC. The number of aliphatic hydroxyl groups is 2. The summed E-state index contributed by atoms with van der Waals surface area (Å²) in [5, 5.41) is 23.2. The van der Waals surface area contributed by atoms with Gasteiger partial charge >= 0.3 is 0 Å². The van der Waals surface area contributed by atoms with E-state index in [2.05, 4.69) is 19.2 Å². The van der Waals surface area contributed by atoms with E-state index in [0.717, 1.165) is 25.7 Å². The average molecular weight is 931 g/mol. The zero-order valence-electron chi connectivity index (χ0n) is 45.5. The van der Waals surface area contributed by atoms with E-state index in [-0.39, 0.29) is 12.5 Å². The highest BCUT2D eigenvalue weighted by molar-refractivity contribution is 5.76. The first-order valence-corrected chi connectivity index (χ1v) is 30.9. The predicted molar refractivity (Wildman–Crippen MR) is 295 cm³/mol. The molecule has 0 rings (SSSR count). The van der Waals surface area contributed by atoms with Crippen molar-refractivity contribution in [1.29, 1.82) is 0 Å². The Labute approximate surface area is 416 Å². The smallest absolute Gasteiger partial charge is 0.220 e. The van der Waals surface area contributed by atoms with Crippen molar-refractivity contribution in [2.24, 2.45) is 0 Å². The monoisotopic (exact) mass is 930 g/mol. The van der Waals surface area contributed by atoms with Gasteiger partial charge in [-0.2, -0.15) is 0 Å². The van der Waals surface area contributed by atoms with Crippen LogP contribution in [0, 0.1) is 0 Å². The van der Waals surface area contributed by atoms with E-state index in [1.165, 1.54) is 315 Å². The predicted octanol–water partition coefficient (Wildman–Crippen LogP) is 20.5. The van der Waals surface area contributed by atoms with Gasteiger partial charge in [0.15, 0.2) is 0 Å². The van der Waals surface area contributed by atoms with Gasteiger partial charge in [0.05, 0.1) is 18.8 Å². The van der Waals surface area contributed by atoms with E-state index in [1.54, 1.807) is 6.08 Å². The normalized spacial score (nSPS) is 12.7. The number of allylic oxidation sites excluding steroid dienone is 1. The van der Waals surface area contributed by atoms with E-state index >= 15 is 0 Å². The van der Waals surface area contributed by atoms with Gasteiger partial charge in [0.2, 0.25) is 5.91 Å². The van der Waals surface area contributed by atoms with E-state index in [9.17, 15) is 15.0 Å². The summed E-state index contributed by atoms with van der Waals surface area (Å²) >= 11 is 0. The Balaban J connectivity index is 3.42. The van der Waals surface area contributed by atoms with Gasteiger partial charge in [0.1, 0.15) is 0 Å². The third-order valence-corrected chi connectivity index (χ3v) is 14.8. The van der Waals surface area contributed by atoms with E-state index < -0.39 is 12.1 Å². The molecule has 0 bridgehead atoms.